The number of carbonyl (C=O) groups is 2. The Morgan fingerprint density at radius 2 is 2.06 bits per heavy atom. The van der Waals surface area contributed by atoms with Crippen molar-refractivity contribution in [3.63, 3.8) is 0 Å². The molecule has 1 fully saturated rings. The lowest BCUT2D eigenvalue weighted by Crippen LogP contribution is -2.49. The zero-order chi connectivity index (χ0) is 23.6. The molecule has 12 heteroatoms. The van der Waals surface area contributed by atoms with Crippen molar-refractivity contribution in [2.24, 2.45) is 7.05 Å². The number of halogens is 1. The first-order chi connectivity index (χ1) is 15.7. The molecule has 0 unspecified atom stereocenters. The highest BCUT2D eigenvalue weighted by molar-refractivity contribution is 7.99. The molecular formula is C21H20FN5O4S2. The summed E-state index contributed by atoms with van der Waals surface area (Å²) < 4.78 is 42.6. The molecule has 1 aliphatic heterocycles. The van der Waals surface area contributed by atoms with Crippen LogP contribution in [0.1, 0.15) is 10.4 Å². The highest BCUT2D eigenvalue weighted by atomic mass is 32.2. The molecule has 2 aromatic carbocycles. The summed E-state index contributed by atoms with van der Waals surface area (Å²) in [4.78, 5) is 29.2. The van der Waals surface area contributed by atoms with Gasteiger partial charge in [0.15, 0.2) is 5.16 Å². The first-order valence-electron chi connectivity index (χ1n) is 9.87. The van der Waals surface area contributed by atoms with Gasteiger partial charge in [-0.3, -0.25) is 9.59 Å². The number of piperazine rings is 1. The van der Waals surface area contributed by atoms with Crippen LogP contribution >= 0.6 is 11.8 Å². The zero-order valence-corrected chi connectivity index (χ0v) is 19.1. The Balaban J connectivity index is 1.58. The molecule has 9 nitrogen and oxygen atoms in total. The molecule has 0 saturated carbocycles. The Morgan fingerprint density at radius 3 is 2.79 bits per heavy atom. The number of rotatable bonds is 6. The number of hydrogen-bond donors (Lipinski definition) is 2. The van der Waals surface area contributed by atoms with Gasteiger partial charge in [0.1, 0.15) is 5.82 Å². The standard InChI is InChI=1S/C21H20FN5O4S2/c1-26-9-7-24-21(26)32-18-6-5-15(22)12-17(18)25-20(29)14-3-2-4-16(11-14)33(30,31)27-10-8-23-19(28)13-27/h2-7,9,11-12H,8,10,13H2,1H3,(H,23,28)(H,25,29). The first-order valence-corrected chi connectivity index (χ1v) is 12.1. The van der Waals surface area contributed by atoms with Crippen LogP contribution in [0.3, 0.4) is 0 Å². The summed E-state index contributed by atoms with van der Waals surface area (Å²) in [7, 11) is -2.15. The summed E-state index contributed by atoms with van der Waals surface area (Å²) in [6.45, 7) is 0.0750. The summed E-state index contributed by atoms with van der Waals surface area (Å²) in [5, 5.41) is 5.88. The Bertz CT molecular complexity index is 1330. The SMILES string of the molecule is Cn1ccnc1Sc1ccc(F)cc1NC(=O)c1cccc(S(=O)(=O)N2CCNC(=O)C2)c1. The van der Waals surface area contributed by atoms with Gasteiger partial charge in [-0.15, -0.1) is 0 Å². The number of aryl methyl sites for hydroxylation is 1. The van der Waals surface area contributed by atoms with Gasteiger partial charge in [0.2, 0.25) is 15.9 Å². The third-order valence-corrected chi connectivity index (χ3v) is 7.90. The lowest BCUT2D eigenvalue weighted by molar-refractivity contribution is -0.122. The number of nitrogens with zero attached hydrogens (tertiary/aromatic N) is 3. The van der Waals surface area contributed by atoms with Gasteiger partial charge in [0.05, 0.1) is 17.1 Å². The van der Waals surface area contributed by atoms with Crippen LogP contribution in [0, 0.1) is 5.82 Å². The number of aromatic nitrogens is 2. The quantitative estimate of drug-likeness (QED) is 0.548. The highest BCUT2D eigenvalue weighted by Crippen LogP contribution is 2.33. The van der Waals surface area contributed by atoms with E-state index in [1.54, 1.807) is 17.0 Å². The summed E-state index contributed by atoms with van der Waals surface area (Å²) in [6, 6.07) is 9.51. The summed E-state index contributed by atoms with van der Waals surface area (Å²) in [6.07, 6.45) is 3.39. The largest absolute Gasteiger partial charge is 0.354 e. The van der Waals surface area contributed by atoms with E-state index < -0.39 is 21.7 Å². The van der Waals surface area contributed by atoms with Gasteiger partial charge in [-0.25, -0.2) is 17.8 Å². The molecule has 33 heavy (non-hydrogen) atoms. The van der Waals surface area contributed by atoms with Crippen LogP contribution in [-0.2, 0) is 21.9 Å². The van der Waals surface area contributed by atoms with E-state index in [1.165, 1.54) is 54.2 Å². The van der Waals surface area contributed by atoms with E-state index in [0.717, 1.165) is 4.31 Å². The van der Waals surface area contributed by atoms with Crippen molar-refractivity contribution >= 4 is 39.3 Å². The van der Waals surface area contributed by atoms with E-state index in [9.17, 15) is 22.4 Å². The fraction of sp³-hybridized carbons (Fsp3) is 0.190. The van der Waals surface area contributed by atoms with Crippen LogP contribution in [0.15, 0.2) is 69.8 Å². The minimum Gasteiger partial charge on any atom is -0.354 e. The number of carbonyl (C=O) groups excluding carboxylic acids is 2. The Kier molecular flexibility index (Phi) is 6.49. The van der Waals surface area contributed by atoms with Crippen molar-refractivity contribution in [2.45, 2.75) is 14.9 Å². The van der Waals surface area contributed by atoms with Crippen LogP contribution < -0.4 is 10.6 Å². The fourth-order valence-corrected chi connectivity index (χ4v) is 5.51. The van der Waals surface area contributed by atoms with E-state index in [1.807, 2.05) is 7.05 Å². The van der Waals surface area contributed by atoms with Crippen LogP contribution in [0.2, 0.25) is 0 Å². The molecule has 1 saturated heterocycles. The molecule has 0 bridgehead atoms. The van der Waals surface area contributed by atoms with Crippen LogP contribution in [-0.4, -0.2) is 53.7 Å². The second-order valence-corrected chi connectivity index (χ2v) is 10.2. The first kappa shape index (κ1) is 23.0. The molecule has 3 aromatic rings. The molecule has 0 atom stereocenters. The van der Waals surface area contributed by atoms with Crippen molar-refractivity contribution in [1.82, 2.24) is 19.2 Å². The maximum Gasteiger partial charge on any atom is 0.255 e. The third kappa shape index (κ3) is 5.07. The molecule has 172 valence electrons. The topological polar surface area (TPSA) is 113 Å². The van der Waals surface area contributed by atoms with Crippen molar-refractivity contribution in [2.75, 3.05) is 25.0 Å². The molecule has 0 aliphatic carbocycles. The minimum absolute atomic E-state index is 0.0785. The number of benzene rings is 2. The lowest BCUT2D eigenvalue weighted by Gasteiger charge is -2.26. The fourth-order valence-electron chi connectivity index (χ4n) is 3.20. The van der Waals surface area contributed by atoms with Gasteiger partial charge < -0.3 is 15.2 Å². The molecular weight excluding hydrogens is 469 g/mol. The average Bonchev–Trinajstić information content (AvgIpc) is 3.20. The van der Waals surface area contributed by atoms with Crippen LogP contribution in [0.5, 0.6) is 0 Å². The number of sulfonamides is 1. The van der Waals surface area contributed by atoms with E-state index in [0.29, 0.717) is 10.1 Å². The van der Waals surface area contributed by atoms with Gasteiger partial charge in [-0.1, -0.05) is 6.07 Å². The molecule has 4 rings (SSSR count). The average molecular weight is 490 g/mol. The summed E-state index contributed by atoms with van der Waals surface area (Å²) >= 11 is 1.25. The minimum atomic E-state index is -3.96. The monoisotopic (exact) mass is 489 g/mol. The Morgan fingerprint density at radius 1 is 1.24 bits per heavy atom. The smallest absolute Gasteiger partial charge is 0.255 e. The van der Waals surface area contributed by atoms with Crippen molar-refractivity contribution in [1.29, 1.82) is 0 Å². The van der Waals surface area contributed by atoms with Crippen LogP contribution in [0.4, 0.5) is 10.1 Å². The second-order valence-electron chi connectivity index (χ2n) is 7.23. The van der Waals surface area contributed by atoms with E-state index in [2.05, 4.69) is 15.6 Å². The van der Waals surface area contributed by atoms with E-state index in [-0.39, 0.29) is 41.7 Å². The Labute approximate surface area is 194 Å². The van der Waals surface area contributed by atoms with Crippen molar-refractivity contribution in [3.05, 3.63) is 66.2 Å². The molecule has 0 radical (unpaired) electrons. The molecule has 0 spiro atoms. The third-order valence-electron chi connectivity index (χ3n) is 4.91. The second kappa shape index (κ2) is 9.33. The lowest BCUT2D eigenvalue weighted by atomic mass is 10.2. The number of hydrogen-bond acceptors (Lipinski definition) is 6. The number of anilines is 1. The van der Waals surface area contributed by atoms with Crippen molar-refractivity contribution < 1.29 is 22.4 Å². The molecule has 2 amide bonds. The van der Waals surface area contributed by atoms with Gasteiger partial charge in [-0.2, -0.15) is 4.31 Å². The molecule has 1 aliphatic rings. The molecule has 2 N–H and O–H groups in total. The van der Waals surface area contributed by atoms with Crippen molar-refractivity contribution in [3.8, 4) is 0 Å². The molecule has 2 heterocycles. The number of amides is 2. The van der Waals surface area contributed by atoms with Gasteiger partial charge in [0.25, 0.3) is 5.91 Å². The predicted octanol–water partition coefficient (Wildman–Crippen LogP) is 2.08. The zero-order valence-electron chi connectivity index (χ0n) is 17.5. The maximum absolute atomic E-state index is 13.9. The van der Waals surface area contributed by atoms with Crippen LogP contribution in [0.25, 0.3) is 0 Å². The van der Waals surface area contributed by atoms with Gasteiger partial charge in [0, 0.05) is 43.0 Å². The van der Waals surface area contributed by atoms with Gasteiger partial charge in [-0.05, 0) is 48.2 Å². The molecule has 1 aromatic heterocycles. The number of nitrogens with one attached hydrogen (secondary N) is 2. The summed E-state index contributed by atoms with van der Waals surface area (Å²) in [5.41, 5.74) is 0.309. The van der Waals surface area contributed by atoms with E-state index >= 15 is 0 Å². The Hall–Kier alpha value is -3.22. The van der Waals surface area contributed by atoms with Gasteiger partial charge >= 0.3 is 0 Å². The predicted molar refractivity (Wildman–Crippen MR) is 120 cm³/mol. The van der Waals surface area contributed by atoms with E-state index in [4.69, 9.17) is 0 Å². The normalized spacial score (nSPS) is 14.7. The summed E-state index contributed by atoms with van der Waals surface area (Å²) in [5.74, 6) is -1.52. The highest BCUT2D eigenvalue weighted by Gasteiger charge is 2.29. The maximum atomic E-state index is 13.9. The number of imidazole rings is 1.